The molecule has 0 N–H and O–H groups in total. The first-order valence-electron chi connectivity index (χ1n) is 10.4. The Bertz CT molecular complexity index is 1050. The Hall–Kier alpha value is -2.58. The highest BCUT2D eigenvalue weighted by Gasteiger charge is 2.35. The minimum atomic E-state index is -0.407. The first-order chi connectivity index (χ1) is 13.8. The molecule has 2 aromatic heterocycles. The third-order valence-electron chi connectivity index (χ3n) is 5.81. The third kappa shape index (κ3) is 3.58. The van der Waals surface area contributed by atoms with Crippen LogP contribution in [0.5, 0.6) is 6.01 Å². The van der Waals surface area contributed by atoms with Crippen LogP contribution in [-0.2, 0) is 25.4 Å². The smallest absolute Gasteiger partial charge is 0.332 e. The van der Waals surface area contributed by atoms with Gasteiger partial charge in [-0.3, -0.25) is 23.3 Å². The summed E-state index contributed by atoms with van der Waals surface area (Å²) in [6.07, 6.45) is 3.44. The van der Waals surface area contributed by atoms with Gasteiger partial charge in [0.15, 0.2) is 11.2 Å². The Kier molecular flexibility index (Phi) is 5.00. The van der Waals surface area contributed by atoms with Gasteiger partial charge in [0.25, 0.3) is 11.6 Å². The van der Waals surface area contributed by atoms with E-state index in [-0.39, 0.29) is 29.4 Å². The molecule has 4 rings (SSSR count). The Balaban J connectivity index is 1.62. The average molecular weight is 403 g/mol. The molecule has 9 heteroatoms. The van der Waals surface area contributed by atoms with Crippen LogP contribution in [0.4, 0.5) is 0 Å². The number of hydrogen-bond donors (Lipinski definition) is 0. The molecule has 2 aromatic rings. The minimum Gasteiger partial charge on any atom is -0.461 e. The summed E-state index contributed by atoms with van der Waals surface area (Å²) in [6, 6.07) is 0.374. The van der Waals surface area contributed by atoms with Gasteiger partial charge in [-0.15, -0.1) is 0 Å². The fraction of sp³-hybridized carbons (Fsp3) is 0.700. The second kappa shape index (κ2) is 7.35. The van der Waals surface area contributed by atoms with Crippen molar-refractivity contribution in [2.45, 2.75) is 52.2 Å². The number of rotatable bonds is 5. The van der Waals surface area contributed by atoms with Crippen molar-refractivity contribution >= 4 is 17.1 Å². The van der Waals surface area contributed by atoms with Crippen molar-refractivity contribution < 1.29 is 9.53 Å². The maximum atomic E-state index is 12.8. The quantitative estimate of drug-likeness (QED) is 0.739. The first-order valence-corrected chi connectivity index (χ1v) is 10.4. The number of carbonyl (C=O) groups excluding carboxylic acids is 1. The van der Waals surface area contributed by atoms with Crippen molar-refractivity contribution in [2.24, 2.45) is 25.9 Å². The van der Waals surface area contributed by atoms with Gasteiger partial charge in [-0.05, 0) is 18.8 Å². The van der Waals surface area contributed by atoms with Crippen LogP contribution < -0.4 is 16.0 Å². The SMILES string of the molecule is CC(C)Cn1c(OC2CCN(C(=O)C3CC3)CC2)nc2c1c(=O)n(C)c(=O)n2C. The topological polar surface area (TPSA) is 91.4 Å². The lowest BCUT2D eigenvalue weighted by atomic mass is 10.1. The van der Waals surface area contributed by atoms with E-state index in [1.807, 2.05) is 4.90 Å². The highest BCUT2D eigenvalue weighted by Crippen LogP contribution is 2.32. The predicted molar refractivity (Wildman–Crippen MR) is 108 cm³/mol. The Morgan fingerprint density at radius 2 is 1.76 bits per heavy atom. The number of ether oxygens (including phenoxy) is 1. The molecule has 0 spiro atoms. The Morgan fingerprint density at radius 1 is 1.10 bits per heavy atom. The molecule has 158 valence electrons. The minimum absolute atomic E-state index is 0.0677. The van der Waals surface area contributed by atoms with E-state index < -0.39 is 5.69 Å². The highest BCUT2D eigenvalue weighted by atomic mass is 16.5. The summed E-state index contributed by atoms with van der Waals surface area (Å²) in [7, 11) is 3.09. The van der Waals surface area contributed by atoms with Gasteiger partial charge in [0.2, 0.25) is 5.91 Å². The van der Waals surface area contributed by atoms with E-state index in [9.17, 15) is 14.4 Å². The molecule has 0 unspecified atom stereocenters. The molecule has 0 aromatic carbocycles. The van der Waals surface area contributed by atoms with Gasteiger partial charge < -0.3 is 9.64 Å². The fourth-order valence-electron chi connectivity index (χ4n) is 3.98. The normalized spacial score (nSPS) is 18.0. The number of fused-ring (bicyclic) bond motifs is 1. The second-order valence-electron chi connectivity index (χ2n) is 8.69. The summed E-state index contributed by atoms with van der Waals surface area (Å²) in [5.74, 6) is 0.781. The second-order valence-corrected chi connectivity index (χ2v) is 8.69. The van der Waals surface area contributed by atoms with Crippen LogP contribution in [0, 0.1) is 11.8 Å². The molecule has 2 aliphatic rings. The Labute approximate surface area is 168 Å². The third-order valence-corrected chi connectivity index (χ3v) is 5.81. The van der Waals surface area contributed by atoms with Crippen molar-refractivity contribution in [2.75, 3.05) is 13.1 Å². The summed E-state index contributed by atoms with van der Waals surface area (Å²) < 4.78 is 10.5. The molecule has 9 nitrogen and oxygen atoms in total. The van der Waals surface area contributed by atoms with Gasteiger partial charge in [0.1, 0.15) is 6.10 Å². The lowest BCUT2D eigenvalue weighted by molar-refractivity contribution is -0.134. The van der Waals surface area contributed by atoms with Gasteiger partial charge >= 0.3 is 5.69 Å². The lowest BCUT2D eigenvalue weighted by Gasteiger charge is -2.32. The van der Waals surface area contributed by atoms with E-state index in [0.29, 0.717) is 36.8 Å². The summed E-state index contributed by atoms with van der Waals surface area (Å²) >= 11 is 0. The number of nitrogens with zero attached hydrogens (tertiary/aromatic N) is 5. The molecule has 0 radical (unpaired) electrons. The molecule has 29 heavy (non-hydrogen) atoms. The zero-order chi connectivity index (χ0) is 20.9. The van der Waals surface area contributed by atoms with Crippen molar-refractivity contribution in [1.29, 1.82) is 0 Å². The predicted octanol–water partition coefficient (Wildman–Crippen LogP) is 0.870. The van der Waals surface area contributed by atoms with E-state index >= 15 is 0 Å². The van der Waals surface area contributed by atoms with E-state index in [2.05, 4.69) is 18.8 Å². The molecule has 0 bridgehead atoms. The van der Waals surface area contributed by atoms with E-state index in [4.69, 9.17) is 4.74 Å². The maximum absolute atomic E-state index is 12.8. The van der Waals surface area contributed by atoms with Gasteiger partial charge in [0, 0.05) is 52.5 Å². The largest absolute Gasteiger partial charge is 0.461 e. The number of amides is 1. The average Bonchev–Trinajstić information content (AvgIpc) is 3.48. The van der Waals surface area contributed by atoms with Crippen LogP contribution in [0.25, 0.3) is 11.2 Å². The molecular weight excluding hydrogens is 374 g/mol. The van der Waals surface area contributed by atoms with Crippen molar-refractivity contribution in [1.82, 2.24) is 23.6 Å². The van der Waals surface area contributed by atoms with E-state index in [1.165, 1.54) is 11.6 Å². The number of carbonyl (C=O) groups is 1. The van der Waals surface area contributed by atoms with Crippen LogP contribution >= 0.6 is 0 Å². The number of hydrogen-bond acceptors (Lipinski definition) is 5. The monoisotopic (exact) mass is 403 g/mol. The van der Waals surface area contributed by atoms with Gasteiger partial charge in [-0.2, -0.15) is 4.98 Å². The van der Waals surface area contributed by atoms with Crippen LogP contribution in [-0.4, -0.2) is 48.7 Å². The zero-order valence-corrected chi connectivity index (χ0v) is 17.6. The highest BCUT2D eigenvalue weighted by molar-refractivity contribution is 5.81. The number of piperidine rings is 1. The van der Waals surface area contributed by atoms with Gasteiger partial charge in [-0.1, -0.05) is 13.8 Å². The molecule has 1 aliphatic heterocycles. The summed E-state index contributed by atoms with van der Waals surface area (Å²) in [5, 5.41) is 0. The summed E-state index contributed by atoms with van der Waals surface area (Å²) in [4.78, 5) is 43.8. The van der Waals surface area contributed by atoms with Crippen LogP contribution in [0.1, 0.15) is 39.5 Å². The molecule has 1 saturated carbocycles. The summed E-state index contributed by atoms with van der Waals surface area (Å²) in [5.41, 5.74) is -0.0409. The van der Waals surface area contributed by atoms with Crippen LogP contribution in [0.3, 0.4) is 0 Å². The number of aryl methyl sites for hydroxylation is 1. The van der Waals surface area contributed by atoms with E-state index in [0.717, 1.165) is 30.3 Å². The maximum Gasteiger partial charge on any atom is 0.332 e. The van der Waals surface area contributed by atoms with Crippen LogP contribution in [0.15, 0.2) is 9.59 Å². The van der Waals surface area contributed by atoms with Crippen molar-refractivity contribution in [3.05, 3.63) is 20.8 Å². The standard InChI is InChI=1S/C20H29N5O4/c1-12(2)11-25-15-16(22(3)20(28)23(4)18(15)27)21-19(25)29-14-7-9-24(10-8-14)17(26)13-5-6-13/h12-14H,5-11H2,1-4H3. The Morgan fingerprint density at radius 3 is 2.34 bits per heavy atom. The van der Waals surface area contributed by atoms with Gasteiger partial charge in [0.05, 0.1) is 0 Å². The van der Waals surface area contributed by atoms with Crippen molar-refractivity contribution in [3.8, 4) is 6.01 Å². The first kappa shape index (κ1) is 19.7. The van der Waals surface area contributed by atoms with E-state index in [1.54, 1.807) is 11.6 Å². The number of likely N-dealkylation sites (tertiary alicyclic amines) is 1. The molecule has 2 fully saturated rings. The lowest BCUT2D eigenvalue weighted by Crippen LogP contribution is -2.42. The molecule has 0 atom stereocenters. The molecule has 1 amide bonds. The number of imidazole rings is 1. The fourth-order valence-corrected chi connectivity index (χ4v) is 3.98. The van der Waals surface area contributed by atoms with Crippen LogP contribution in [0.2, 0.25) is 0 Å². The van der Waals surface area contributed by atoms with Gasteiger partial charge in [-0.25, -0.2) is 4.79 Å². The summed E-state index contributed by atoms with van der Waals surface area (Å²) in [6.45, 7) is 6.06. The zero-order valence-electron chi connectivity index (χ0n) is 17.6. The molecule has 1 aliphatic carbocycles. The number of aromatic nitrogens is 4. The molecule has 1 saturated heterocycles. The molecule has 3 heterocycles. The van der Waals surface area contributed by atoms with Crippen molar-refractivity contribution in [3.63, 3.8) is 0 Å². The molecular formula is C20H29N5O4.